The highest BCUT2D eigenvalue weighted by molar-refractivity contribution is 4.64. The van der Waals surface area contributed by atoms with Gasteiger partial charge in [0.2, 0.25) is 0 Å². The van der Waals surface area contributed by atoms with Crippen molar-refractivity contribution in [3.63, 3.8) is 0 Å². The predicted octanol–water partition coefficient (Wildman–Crippen LogP) is 0.502. The molecule has 0 aromatic heterocycles. The Labute approximate surface area is 75.4 Å². The van der Waals surface area contributed by atoms with Crippen LogP contribution in [0.15, 0.2) is 0 Å². The smallest absolute Gasteiger partial charge is 0.383 e. The molecule has 0 aromatic carbocycles. The molecular weight excluding hydrogens is 185 g/mol. The van der Waals surface area contributed by atoms with Gasteiger partial charge in [-0.1, -0.05) is 0 Å². The van der Waals surface area contributed by atoms with Crippen LogP contribution < -0.4 is 11.1 Å². The van der Waals surface area contributed by atoms with Gasteiger partial charge in [0, 0.05) is 26.2 Å². The lowest BCUT2D eigenvalue weighted by molar-refractivity contribution is -0.133. The number of methoxy groups -OCH3 is 1. The SMILES string of the molecule is COCC(N)CNCCC(F)(F)F. The van der Waals surface area contributed by atoms with Gasteiger partial charge in [-0.15, -0.1) is 0 Å². The van der Waals surface area contributed by atoms with Crippen molar-refractivity contribution in [2.24, 2.45) is 5.73 Å². The molecule has 3 N–H and O–H groups in total. The molecule has 0 amide bonds. The summed E-state index contributed by atoms with van der Waals surface area (Å²) >= 11 is 0. The Hall–Kier alpha value is -0.330. The monoisotopic (exact) mass is 200 g/mol. The van der Waals surface area contributed by atoms with Gasteiger partial charge < -0.3 is 15.8 Å². The van der Waals surface area contributed by atoms with Crippen LogP contribution >= 0.6 is 0 Å². The van der Waals surface area contributed by atoms with Crippen LogP contribution in [0.1, 0.15) is 6.42 Å². The molecule has 1 atom stereocenters. The Morgan fingerprint density at radius 1 is 1.46 bits per heavy atom. The normalized spacial score (nSPS) is 14.5. The van der Waals surface area contributed by atoms with Gasteiger partial charge in [-0.3, -0.25) is 0 Å². The second kappa shape index (κ2) is 6.17. The highest BCUT2D eigenvalue weighted by Gasteiger charge is 2.25. The topological polar surface area (TPSA) is 47.3 Å². The molecule has 1 unspecified atom stereocenters. The van der Waals surface area contributed by atoms with Crippen LogP contribution in [-0.4, -0.2) is 39.0 Å². The Kier molecular flexibility index (Phi) is 6.02. The van der Waals surface area contributed by atoms with Gasteiger partial charge in [-0.2, -0.15) is 13.2 Å². The number of nitrogens with two attached hydrogens (primary N) is 1. The standard InChI is InChI=1S/C7H15F3N2O/c1-13-5-6(11)4-12-3-2-7(8,9)10/h6,12H,2-5,11H2,1H3. The minimum atomic E-state index is -4.10. The fraction of sp³-hybridized carbons (Fsp3) is 1.00. The molecule has 3 nitrogen and oxygen atoms in total. The minimum Gasteiger partial charge on any atom is -0.383 e. The Bertz CT molecular complexity index is 129. The van der Waals surface area contributed by atoms with Gasteiger partial charge in [0.05, 0.1) is 13.0 Å². The predicted molar refractivity (Wildman–Crippen MR) is 43.4 cm³/mol. The van der Waals surface area contributed by atoms with Crippen LogP contribution in [0.5, 0.6) is 0 Å². The summed E-state index contributed by atoms with van der Waals surface area (Å²) in [6.07, 6.45) is -4.93. The van der Waals surface area contributed by atoms with E-state index in [0.29, 0.717) is 13.2 Å². The molecule has 0 aliphatic heterocycles. The average molecular weight is 200 g/mol. The third-order valence-corrected chi connectivity index (χ3v) is 1.37. The molecule has 80 valence electrons. The second-order valence-electron chi connectivity index (χ2n) is 2.78. The first-order valence-electron chi connectivity index (χ1n) is 3.97. The van der Waals surface area contributed by atoms with Crippen molar-refractivity contribution in [2.75, 3.05) is 26.8 Å². The van der Waals surface area contributed by atoms with Gasteiger partial charge in [0.25, 0.3) is 0 Å². The summed E-state index contributed by atoms with van der Waals surface area (Å²) in [5.74, 6) is 0. The number of hydrogen-bond donors (Lipinski definition) is 2. The van der Waals surface area contributed by atoms with Crippen molar-refractivity contribution in [1.29, 1.82) is 0 Å². The molecule has 0 aliphatic rings. The maximum absolute atomic E-state index is 11.6. The van der Waals surface area contributed by atoms with Crippen molar-refractivity contribution >= 4 is 0 Å². The van der Waals surface area contributed by atoms with Crippen molar-refractivity contribution in [1.82, 2.24) is 5.32 Å². The van der Waals surface area contributed by atoms with E-state index in [0.717, 1.165) is 0 Å². The zero-order valence-electron chi connectivity index (χ0n) is 7.53. The maximum atomic E-state index is 11.6. The highest BCUT2D eigenvalue weighted by atomic mass is 19.4. The van der Waals surface area contributed by atoms with Crippen molar-refractivity contribution in [2.45, 2.75) is 18.6 Å². The summed E-state index contributed by atoms with van der Waals surface area (Å²) in [5.41, 5.74) is 5.47. The van der Waals surface area contributed by atoms with E-state index in [2.05, 4.69) is 5.32 Å². The summed E-state index contributed by atoms with van der Waals surface area (Å²) in [5, 5.41) is 2.60. The largest absolute Gasteiger partial charge is 0.390 e. The number of rotatable bonds is 6. The van der Waals surface area contributed by atoms with Crippen LogP contribution in [-0.2, 0) is 4.74 Å². The fourth-order valence-corrected chi connectivity index (χ4v) is 0.791. The van der Waals surface area contributed by atoms with Gasteiger partial charge in [-0.05, 0) is 0 Å². The Balaban J connectivity index is 3.25. The number of nitrogens with one attached hydrogen (secondary N) is 1. The Morgan fingerprint density at radius 3 is 2.54 bits per heavy atom. The van der Waals surface area contributed by atoms with E-state index in [9.17, 15) is 13.2 Å². The summed E-state index contributed by atoms with van der Waals surface area (Å²) < 4.78 is 39.6. The molecule has 0 heterocycles. The summed E-state index contributed by atoms with van der Waals surface area (Å²) in [6, 6.07) is -0.252. The van der Waals surface area contributed by atoms with E-state index >= 15 is 0 Å². The molecule has 0 aliphatic carbocycles. The molecule has 0 fully saturated rings. The lowest BCUT2D eigenvalue weighted by atomic mass is 10.3. The fourth-order valence-electron chi connectivity index (χ4n) is 0.791. The van der Waals surface area contributed by atoms with Crippen molar-refractivity contribution in [3.05, 3.63) is 0 Å². The van der Waals surface area contributed by atoms with Crippen LogP contribution in [0.3, 0.4) is 0 Å². The number of ether oxygens (including phenoxy) is 1. The van der Waals surface area contributed by atoms with E-state index < -0.39 is 12.6 Å². The molecule has 0 rings (SSSR count). The zero-order chi connectivity index (χ0) is 10.3. The van der Waals surface area contributed by atoms with Crippen LogP contribution in [0, 0.1) is 0 Å². The molecule has 0 saturated carbocycles. The quantitative estimate of drug-likeness (QED) is 0.614. The first-order valence-corrected chi connectivity index (χ1v) is 3.97. The van der Waals surface area contributed by atoms with Gasteiger partial charge in [-0.25, -0.2) is 0 Å². The van der Waals surface area contributed by atoms with E-state index in [1.807, 2.05) is 0 Å². The maximum Gasteiger partial charge on any atom is 0.390 e. The van der Waals surface area contributed by atoms with Crippen LogP contribution in [0.4, 0.5) is 13.2 Å². The lowest BCUT2D eigenvalue weighted by Gasteiger charge is -2.12. The van der Waals surface area contributed by atoms with Gasteiger partial charge in [0.1, 0.15) is 0 Å². The second-order valence-corrected chi connectivity index (χ2v) is 2.78. The first-order chi connectivity index (χ1) is 5.95. The highest BCUT2D eigenvalue weighted by Crippen LogP contribution is 2.17. The summed E-state index contributed by atoms with van der Waals surface area (Å²) in [4.78, 5) is 0. The van der Waals surface area contributed by atoms with Crippen LogP contribution in [0.25, 0.3) is 0 Å². The molecule has 0 radical (unpaired) electrons. The molecular formula is C7H15F3N2O. The average Bonchev–Trinajstić information content (AvgIpc) is 1.97. The zero-order valence-corrected chi connectivity index (χ0v) is 7.53. The van der Waals surface area contributed by atoms with Gasteiger partial charge >= 0.3 is 6.18 Å². The third-order valence-electron chi connectivity index (χ3n) is 1.37. The molecule has 0 aromatic rings. The van der Waals surface area contributed by atoms with E-state index in [-0.39, 0.29) is 12.6 Å². The Morgan fingerprint density at radius 2 is 2.08 bits per heavy atom. The van der Waals surface area contributed by atoms with E-state index in [4.69, 9.17) is 10.5 Å². The number of hydrogen-bond acceptors (Lipinski definition) is 3. The number of halogens is 3. The van der Waals surface area contributed by atoms with Crippen molar-refractivity contribution in [3.8, 4) is 0 Å². The summed E-state index contributed by atoms with van der Waals surface area (Å²) in [7, 11) is 1.50. The molecule has 0 spiro atoms. The van der Waals surface area contributed by atoms with Crippen molar-refractivity contribution < 1.29 is 17.9 Å². The molecule has 0 bridgehead atoms. The molecule has 6 heteroatoms. The number of alkyl halides is 3. The first kappa shape index (κ1) is 12.7. The van der Waals surface area contributed by atoms with Crippen LogP contribution in [0.2, 0.25) is 0 Å². The summed E-state index contributed by atoms with van der Waals surface area (Å²) in [6.45, 7) is 0.587. The van der Waals surface area contributed by atoms with E-state index in [1.165, 1.54) is 7.11 Å². The molecule has 13 heavy (non-hydrogen) atoms. The van der Waals surface area contributed by atoms with Gasteiger partial charge in [0.15, 0.2) is 0 Å². The minimum absolute atomic E-state index is 0.0963. The van der Waals surface area contributed by atoms with E-state index in [1.54, 1.807) is 0 Å². The third kappa shape index (κ3) is 9.59. The lowest BCUT2D eigenvalue weighted by Crippen LogP contribution is -2.38. The molecule has 0 saturated heterocycles.